The summed E-state index contributed by atoms with van der Waals surface area (Å²) in [5.41, 5.74) is 2.33. The Bertz CT molecular complexity index is 689. The summed E-state index contributed by atoms with van der Waals surface area (Å²) in [5, 5.41) is 0. The molecule has 0 amide bonds. The molecule has 0 aliphatic rings. The Morgan fingerprint density at radius 2 is 2.05 bits per heavy atom. The first-order chi connectivity index (χ1) is 9.02. The van der Waals surface area contributed by atoms with Crippen LogP contribution in [0.25, 0.3) is 11.3 Å². The van der Waals surface area contributed by atoms with E-state index in [0.717, 1.165) is 11.1 Å². The van der Waals surface area contributed by atoms with Crippen LogP contribution in [0, 0.1) is 13.8 Å². The fraction of sp³-hybridized carbons (Fsp3) is 0.214. The van der Waals surface area contributed by atoms with Crippen molar-refractivity contribution in [1.29, 1.82) is 0 Å². The van der Waals surface area contributed by atoms with Gasteiger partial charge in [0.25, 0.3) is 0 Å². The maximum Gasteiger partial charge on any atom is 0.345 e. The molecule has 0 aliphatic carbocycles. The van der Waals surface area contributed by atoms with Crippen molar-refractivity contribution in [2.45, 2.75) is 13.8 Å². The number of rotatable bonds is 2. The zero-order chi connectivity index (χ0) is 14.0. The highest BCUT2D eigenvalue weighted by molar-refractivity contribution is 5.97. The topological polar surface area (TPSA) is 72.0 Å². The van der Waals surface area contributed by atoms with Crippen LogP contribution in [0.2, 0.25) is 0 Å². The van der Waals surface area contributed by atoms with Gasteiger partial charge in [0.15, 0.2) is 0 Å². The molecule has 0 aliphatic heterocycles. The van der Waals surface area contributed by atoms with E-state index in [9.17, 15) is 9.59 Å². The predicted molar refractivity (Wildman–Crippen MR) is 71.1 cm³/mol. The van der Waals surface area contributed by atoms with E-state index >= 15 is 0 Å². The van der Waals surface area contributed by atoms with Gasteiger partial charge in [0.2, 0.25) is 0 Å². The molecule has 0 fully saturated rings. The van der Waals surface area contributed by atoms with Crippen LogP contribution in [0.4, 0.5) is 0 Å². The molecule has 0 atom stereocenters. The van der Waals surface area contributed by atoms with E-state index in [0.29, 0.717) is 11.4 Å². The van der Waals surface area contributed by atoms with Gasteiger partial charge in [-0.1, -0.05) is 23.8 Å². The summed E-state index contributed by atoms with van der Waals surface area (Å²) in [7, 11) is 1.30. The molecule has 2 aromatic rings. The van der Waals surface area contributed by atoms with E-state index < -0.39 is 11.7 Å². The summed E-state index contributed by atoms with van der Waals surface area (Å²) >= 11 is 0. The Morgan fingerprint density at radius 1 is 1.32 bits per heavy atom. The largest absolute Gasteiger partial charge is 0.465 e. The molecule has 1 aromatic carbocycles. The molecule has 0 saturated heterocycles. The number of H-pyrrole nitrogens is 1. The summed E-state index contributed by atoms with van der Waals surface area (Å²) < 4.78 is 4.75. The molecule has 19 heavy (non-hydrogen) atoms. The second kappa shape index (κ2) is 5.06. The van der Waals surface area contributed by atoms with E-state index in [1.165, 1.54) is 7.11 Å². The molecule has 2 rings (SSSR count). The molecule has 1 heterocycles. The number of methoxy groups -OCH3 is 1. The number of esters is 1. The van der Waals surface area contributed by atoms with Crippen LogP contribution >= 0.6 is 0 Å². The fourth-order valence-electron chi connectivity index (χ4n) is 1.94. The smallest absolute Gasteiger partial charge is 0.345 e. The lowest BCUT2D eigenvalue weighted by atomic mass is 10.0. The SMILES string of the molecule is COC(=O)c1c(-c2cccc(C)c2)nc(=O)[nH]c1C. The zero-order valence-corrected chi connectivity index (χ0v) is 11.0. The molecule has 0 saturated carbocycles. The van der Waals surface area contributed by atoms with Crippen molar-refractivity contribution >= 4 is 5.97 Å². The van der Waals surface area contributed by atoms with E-state index in [4.69, 9.17) is 4.74 Å². The number of ether oxygens (including phenoxy) is 1. The summed E-state index contributed by atoms with van der Waals surface area (Å²) in [6.07, 6.45) is 0. The average Bonchev–Trinajstić information content (AvgIpc) is 2.37. The number of benzene rings is 1. The van der Waals surface area contributed by atoms with E-state index in [1.54, 1.807) is 13.0 Å². The first-order valence-electron chi connectivity index (χ1n) is 5.79. The standard InChI is InChI=1S/C14H14N2O3/c1-8-5-4-6-10(7-8)12-11(13(17)19-3)9(2)15-14(18)16-12/h4-7H,1-3H3,(H,15,16,18). The molecule has 1 N–H and O–H groups in total. The highest BCUT2D eigenvalue weighted by Crippen LogP contribution is 2.23. The number of carbonyl (C=O) groups is 1. The highest BCUT2D eigenvalue weighted by Gasteiger charge is 2.19. The minimum Gasteiger partial charge on any atom is -0.465 e. The number of nitrogens with zero attached hydrogens (tertiary/aromatic N) is 1. The van der Waals surface area contributed by atoms with Gasteiger partial charge >= 0.3 is 11.7 Å². The van der Waals surface area contributed by atoms with Gasteiger partial charge in [-0.25, -0.2) is 9.59 Å². The molecular formula is C14H14N2O3. The van der Waals surface area contributed by atoms with Crippen LogP contribution in [-0.2, 0) is 4.74 Å². The second-order valence-corrected chi connectivity index (χ2v) is 4.25. The predicted octanol–water partition coefficient (Wildman–Crippen LogP) is 1.84. The lowest BCUT2D eigenvalue weighted by Gasteiger charge is -2.09. The van der Waals surface area contributed by atoms with E-state index in [2.05, 4.69) is 9.97 Å². The van der Waals surface area contributed by atoms with E-state index in [1.807, 2.05) is 25.1 Å². The molecule has 0 radical (unpaired) electrons. The zero-order valence-electron chi connectivity index (χ0n) is 11.0. The van der Waals surface area contributed by atoms with E-state index in [-0.39, 0.29) is 5.56 Å². The molecule has 98 valence electrons. The number of aromatic nitrogens is 2. The van der Waals surface area contributed by atoms with Gasteiger partial charge in [0.1, 0.15) is 5.56 Å². The first kappa shape index (κ1) is 13.0. The third-order valence-corrected chi connectivity index (χ3v) is 2.80. The summed E-state index contributed by atoms with van der Waals surface area (Å²) in [4.78, 5) is 29.8. The monoisotopic (exact) mass is 258 g/mol. The number of aromatic amines is 1. The van der Waals surface area contributed by atoms with Gasteiger partial charge in [-0.15, -0.1) is 0 Å². The van der Waals surface area contributed by atoms with Gasteiger partial charge in [0.05, 0.1) is 12.8 Å². The number of aryl methyl sites for hydroxylation is 2. The van der Waals surface area contributed by atoms with Crippen molar-refractivity contribution in [3.63, 3.8) is 0 Å². The lowest BCUT2D eigenvalue weighted by molar-refractivity contribution is 0.0599. The Morgan fingerprint density at radius 3 is 2.68 bits per heavy atom. The minimum absolute atomic E-state index is 0.285. The summed E-state index contributed by atoms with van der Waals surface area (Å²) in [6, 6.07) is 7.46. The van der Waals surface area contributed by atoms with Crippen LogP contribution in [0.3, 0.4) is 0 Å². The number of nitrogens with one attached hydrogen (secondary N) is 1. The van der Waals surface area contributed by atoms with Crippen molar-refractivity contribution in [3.05, 3.63) is 51.6 Å². The molecule has 5 heteroatoms. The van der Waals surface area contributed by atoms with Crippen molar-refractivity contribution < 1.29 is 9.53 Å². The molecule has 0 bridgehead atoms. The molecule has 0 unspecified atom stereocenters. The molecule has 0 spiro atoms. The first-order valence-corrected chi connectivity index (χ1v) is 5.79. The summed E-state index contributed by atoms with van der Waals surface area (Å²) in [6.45, 7) is 3.58. The maximum atomic E-state index is 11.8. The van der Waals surface area contributed by atoms with Crippen LogP contribution < -0.4 is 5.69 Å². The van der Waals surface area contributed by atoms with Crippen LogP contribution in [-0.4, -0.2) is 23.0 Å². The molecular weight excluding hydrogens is 244 g/mol. The Labute approximate surface area is 110 Å². The molecule has 1 aromatic heterocycles. The molecule has 5 nitrogen and oxygen atoms in total. The Hall–Kier alpha value is -2.43. The lowest BCUT2D eigenvalue weighted by Crippen LogP contribution is -2.19. The highest BCUT2D eigenvalue weighted by atomic mass is 16.5. The Kier molecular flexibility index (Phi) is 3.46. The van der Waals surface area contributed by atoms with Crippen molar-refractivity contribution in [3.8, 4) is 11.3 Å². The second-order valence-electron chi connectivity index (χ2n) is 4.25. The van der Waals surface area contributed by atoms with Gasteiger partial charge in [-0.3, -0.25) is 0 Å². The third kappa shape index (κ3) is 2.54. The third-order valence-electron chi connectivity index (χ3n) is 2.80. The van der Waals surface area contributed by atoms with Crippen molar-refractivity contribution in [2.24, 2.45) is 0 Å². The van der Waals surface area contributed by atoms with Crippen LogP contribution in [0.5, 0.6) is 0 Å². The van der Waals surface area contributed by atoms with Gasteiger partial charge in [-0.2, -0.15) is 4.98 Å². The fourth-order valence-corrected chi connectivity index (χ4v) is 1.94. The normalized spacial score (nSPS) is 10.3. The van der Waals surface area contributed by atoms with Gasteiger partial charge in [0, 0.05) is 11.3 Å². The Balaban J connectivity index is 2.74. The average molecular weight is 258 g/mol. The quantitative estimate of drug-likeness (QED) is 0.834. The maximum absolute atomic E-state index is 11.8. The van der Waals surface area contributed by atoms with Crippen LogP contribution in [0.15, 0.2) is 29.1 Å². The van der Waals surface area contributed by atoms with Crippen molar-refractivity contribution in [1.82, 2.24) is 9.97 Å². The van der Waals surface area contributed by atoms with Crippen molar-refractivity contribution in [2.75, 3.05) is 7.11 Å². The summed E-state index contributed by atoms with van der Waals surface area (Å²) in [5.74, 6) is -0.516. The van der Waals surface area contributed by atoms with Crippen LogP contribution in [0.1, 0.15) is 21.6 Å². The van der Waals surface area contributed by atoms with Gasteiger partial charge in [-0.05, 0) is 19.9 Å². The minimum atomic E-state index is -0.516. The number of carbonyl (C=O) groups excluding carboxylic acids is 1. The van der Waals surface area contributed by atoms with Gasteiger partial charge < -0.3 is 9.72 Å². The number of hydrogen-bond donors (Lipinski definition) is 1. The number of hydrogen-bond acceptors (Lipinski definition) is 4.